The minimum absolute atomic E-state index is 0.0879. The van der Waals surface area contributed by atoms with Gasteiger partial charge in [-0.15, -0.1) is 0 Å². The standard InChI is InChI=1S/C15H14N4O2/c1-8-7-12(13(14(16)20)17-9(8)2)19-11-6-4-3-5-10(11)18-15(19)21/h3-7H,1-2H3,(H2,16,20)(H,18,21). The number of hydrogen-bond donors (Lipinski definition) is 2. The van der Waals surface area contributed by atoms with Crippen molar-refractivity contribution in [1.29, 1.82) is 0 Å². The normalized spacial score (nSPS) is 11.0. The number of aryl methyl sites for hydroxylation is 2. The summed E-state index contributed by atoms with van der Waals surface area (Å²) in [7, 11) is 0. The molecule has 6 heteroatoms. The lowest BCUT2D eigenvalue weighted by Crippen LogP contribution is -2.22. The molecule has 0 aliphatic heterocycles. The number of imidazole rings is 1. The lowest BCUT2D eigenvalue weighted by Gasteiger charge is -2.10. The highest BCUT2D eigenvalue weighted by atomic mass is 16.2. The molecule has 6 nitrogen and oxygen atoms in total. The van der Waals surface area contributed by atoms with Crippen molar-refractivity contribution in [2.45, 2.75) is 13.8 Å². The minimum atomic E-state index is -0.662. The number of pyridine rings is 1. The Labute approximate surface area is 120 Å². The number of amides is 1. The number of carbonyl (C=O) groups is 1. The average Bonchev–Trinajstić information content (AvgIpc) is 2.77. The zero-order valence-electron chi connectivity index (χ0n) is 11.7. The van der Waals surface area contributed by atoms with Crippen LogP contribution < -0.4 is 11.4 Å². The van der Waals surface area contributed by atoms with E-state index in [4.69, 9.17) is 5.73 Å². The molecule has 1 aromatic carbocycles. The van der Waals surface area contributed by atoms with Crippen LogP contribution >= 0.6 is 0 Å². The molecule has 2 heterocycles. The number of aromatic nitrogens is 3. The Morgan fingerprint density at radius 1 is 1.29 bits per heavy atom. The number of nitrogens with one attached hydrogen (secondary N) is 1. The van der Waals surface area contributed by atoms with Crippen LogP contribution in [0.25, 0.3) is 16.7 Å². The number of primary amides is 1. The second-order valence-electron chi connectivity index (χ2n) is 4.91. The van der Waals surface area contributed by atoms with Crippen molar-refractivity contribution >= 4 is 16.9 Å². The molecule has 0 bridgehead atoms. The highest BCUT2D eigenvalue weighted by molar-refractivity contribution is 5.95. The summed E-state index contributed by atoms with van der Waals surface area (Å²) < 4.78 is 1.43. The van der Waals surface area contributed by atoms with Crippen LogP contribution in [0, 0.1) is 13.8 Å². The summed E-state index contributed by atoms with van der Waals surface area (Å²) in [6, 6.07) is 9.00. The number of benzene rings is 1. The molecule has 0 spiro atoms. The number of para-hydroxylation sites is 2. The smallest absolute Gasteiger partial charge is 0.331 e. The van der Waals surface area contributed by atoms with Crippen LogP contribution in [0.3, 0.4) is 0 Å². The molecule has 0 unspecified atom stereocenters. The lowest BCUT2D eigenvalue weighted by atomic mass is 10.1. The van der Waals surface area contributed by atoms with Crippen molar-refractivity contribution in [2.75, 3.05) is 0 Å². The summed E-state index contributed by atoms with van der Waals surface area (Å²) in [6.45, 7) is 3.67. The maximum Gasteiger partial charge on any atom is 0.331 e. The molecular weight excluding hydrogens is 268 g/mol. The van der Waals surface area contributed by atoms with E-state index in [1.165, 1.54) is 4.57 Å². The number of hydrogen-bond acceptors (Lipinski definition) is 3. The van der Waals surface area contributed by atoms with E-state index in [-0.39, 0.29) is 11.4 Å². The van der Waals surface area contributed by atoms with Gasteiger partial charge in [0.25, 0.3) is 5.91 Å². The minimum Gasteiger partial charge on any atom is -0.364 e. The monoisotopic (exact) mass is 282 g/mol. The molecular formula is C15H14N4O2. The number of fused-ring (bicyclic) bond motifs is 1. The number of nitrogens with zero attached hydrogens (tertiary/aromatic N) is 2. The van der Waals surface area contributed by atoms with Crippen molar-refractivity contribution in [3.8, 4) is 5.69 Å². The van der Waals surface area contributed by atoms with Gasteiger partial charge in [-0.05, 0) is 37.6 Å². The molecule has 0 saturated carbocycles. The number of H-pyrrole nitrogens is 1. The van der Waals surface area contributed by atoms with E-state index < -0.39 is 5.91 Å². The summed E-state index contributed by atoms with van der Waals surface area (Å²) >= 11 is 0. The molecule has 3 aromatic rings. The van der Waals surface area contributed by atoms with Crippen LogP contribution in [-0.2, 0) is 0 Å². The SMILES string of the molecule is Cc1cc(-n2c(=O)[nH]c3ccccc32)c(C(N)=O)nc1C. The van der Waals surface area contributed by atoms with Gasteiger partial charge in [-0.1, -0.05) is 12.1 Å². The van der Waals surface area contributed by atoms with Gasteiger partial charge >= 0.3 is 5.69 Å². The van der Waals surface area contributed by atoms with Gasteiger partial charge in [-0.2, -0.15) is 0 Å². The second kappa shape index (κ2) is 4.59. The van der Waals surface area contributed by atoms with Crippen LogP contribution in [0.2, 0.25) is 0 Å². The second-order valence-corrected chi connectivity index (χ2v) is 4.91. The van der Waals surface area contributed by atoms with E-state index in [0.29, 0.717) is 22.4 Å². The highest BCUT2D eigenvalue weighted by Crippen LogP contribution is 2.20. The lowest BCUT2D eigenvalue weighted by molar-refractivity contribution is 0.0995. The fourth-order valence-electron chi connectivity index (χ4n) is 2.34. The predicted octanol–water partition coefficient (Wildman–Crippen LogP) is 1.43. The summed E-state index contributed by atoms with van der Waals surface area (Å²) in [5.41, 5.74) is 8.52. The van der Waals surface area contributed by atoms with Crippen LogP contribution in [-0.4, -0.2) is 20.4 Å². The Hall–Kier alpha value is -2.89. The molecule has 0 radical (unpaired) electrons. The Bertz CT molecular complexity index is 921. The maximum absolute atomic E-state index is 12.2. The number of nitrogens with two attached hydrogens (primary N) is 1. The Morgan fingerprint density at radius 3 is 2.71 bits per heavy atom. The molecule has 0 aliphatic carbocycles. The van der Waals surface area contributed by atoms with E-state index in [1.54, 1.807) is 25.1 Å². The van der Waals surface area contributed by atoms with Gasteiger partial charge in [-0.3, -0.25) is 9.36 Å². The fourth-order valence-corrected chi connectivity index (χ4v) is 2.34. The molecule has 21 heavy (non-hydrogen) atoms. The maximum atomic E-state index is 12.2. The number of aromatic amines is 1. The van der Waals surface area contributed by atoms with Crippen LogP contribution in [0.5, 0.6) is 0 Å². The summed E-state index contributed by atoms with van der Waals surface area (Å²) in [6.07, 6.45) is 0. The molecule has 1 amide bonds. The first kappa shape index (κ1) is 13.1. The van der Waals surface area contributed by atoms with Crippen molar-refractivity contribution in [1.82, 2.24) is 14.5 Å². The van der Waals surface area contributed by atoms with Gasteiger partial charge in [0.05, 0.1) is 16.7 Å². The molecule has 0 fully saturated rings. The number of carbonyl (C=O) groups excluding carboxylic acids is 1. The first-order valence-corrected chi connectivity index (χ1v) is 6.47. The van der Waals surface area contributed by atoms with E-state index in [9.17, 15) is 9.59 Å². The Kier molecular flexibility index (Phi) is 2.86. The van der Waals surface area contributed by atoms with Crippen molar-refractivity contribution in [3.63, 3.8) is 0 Å². The van der Waals surface area contributed by atoms with Crippen molar-refractivity contribution in [3.05, 3.63) is 57.8 Å². The summed E-state index contributed by atoms with van der Waals surface area (Å²) in [5.74, 6) is -0.662. The quantitative estimate of drug-likeness (QED) is 0.744. The third-order valence-electron chi connectivity index (χ3n) is 3.51. The van der Waals surface area contributed by atoms with E-state index >= 15 is 0 Å². The van der Waals surface area contributed by atoms with Gasteiger partial charge in [0.1, 0.15) is 0 Å². The summed E-state index contributed by atoms with van der Waals surface area (Å²) in [5, 5.41) is 0. The van der Waals surface area contributed by atoms with Crippen molar-refractivity contribution in [2.24, 2.45) is 5.73 Å². The fraction of sp³-hybridized carbons (Fsp3) is 0.133. The molecule has 3 N–H and O–H groups in total. The van der Waals surface area contributed by atoms with Gasteiger partial charge in [0.15, 0.2) is 5.69 Å². The van der Waals surface area contributed by atoms with Gasteiger partial charge in [-0.25, -0.2) is 9.78 Å². The van der Waals surface area contributed by atoms with E-state index in [1.807, 2.05) is 19.1 Å². The zero-order valence-corrected chi connectivity index (χ0v) is 11.7. The third kappa shape index (κ3) is 2.01. The van der Waals surface area contributed by atoms with Crippen LogP contribution in [0.15, 0.2) is 35.1 Å². The van der Waals surface area contributed by atoms with Gasteiger partial charge in [0.2, 0.25) is 0 Å². The molecule has 3 rings (SSSR count). The van der Waals surface area contributed by atoms with Crippen LogP contribution in [0.4, 0.5) is 0 Å². The molecule has 106 valence electrons. The van der Waals surface area contributed by atoms with Crippen LogP contribution in [0.1, 0.15) is 21.7 Å². The molecule has 0 atom stereocenters. The zero-order chi connectivity index (χ0) is 15.1. The third-order valence-corrected chi connectivity index (χ3v) is 3.51. The largest absolute Gasteiger partial charge is 0.364 e. The molecule has 0 saturated heterocycles. The Balaban J connectivity index is 2.43. The molecule has 0 aliphatic rings. The highest BCUT2D eigenvalue weighted by Gasteiger charge is 2.17. The van der Waals surface area contributed by atoms with Crippen molar-refractivity contribution < 1.29 is 4.79 Å². The number of rotatable bonds is 2. The Morgan fingerprint density at radius 2 is 2.00 bits per heavy atom. The average molecular weight is 282 g/mol. The topological polar surface area (TPSA) is 93.8 Å². The van der Waals surface area contributed by atoms with Gasteiger partial charge < -0.3 is 10.7 Å². The molecule has 2 aromatic heterocycles. The predicted molar refractivity (Wildman–Crippen MR) is 79.7 cm³/mol. The van der Waals surface area contributed by atoms with E-state index in [2.05, 4.69) is 9.97 Å². The van der Waals surface area contributed by atoms with Gasteiger partial charge in [0, 0.05) is 5.69 Å². The first-order chi connectivity index (χ1) is 9.99. The summed E-state index contributed by atoms with van der Waals surface area (Å²) in [4.78, 5) is 30.9. The van der Waals surface area contributed by atoms with E-state index in [0.717, 1.165) is 5.56 Å². The first-order valence-electron chi connectivity index (χ1n) is 6.47.